The van der Waals surface area contributed by atoms with Crippen LogP contribution < -0.4 is 4.90 Å². The lowest BCUT2D eigenvalue weighted by atomic mass is 10.0. The van der Waals surface area contributed by atoms with Crippen molar-refractivity contribution < 1.29 is 22.8 Å². The molecule has 1 atom stereocenters. The Bertz CT molecular complexity index is 898. The maximum Gasteiger partial charge on any atom is 0.271 e. The first kappa shape index (κ1) is 15.7. The Kier molecular flexibility index (Phi) is 3.71. The molecule has 1 unspecified atom stereocenters. The molecule has 2 aliphatic heterocycles. The molecule has 4 rings (SSSR count). The van der Waals surface area contributed by atoms with Crippen molar-refractivity contribution in [3.05, 3.63) is 65.0 Å². The van der Waals surface area contributed by atoms with Crippen LogP contribution in [0, 0.1) is 17.5 Å². The molecule has 2 heterocycles. The number of rotatable bonds is 2. The highest BCUT2D eigenvalue weighted by molar-refractivity contribution is 6.07. The Balaban J connectivity index is 1.53. The third-order valence-corrected chi connectivity index (χ3v) is 4.38. The van der Waals surface area contributed by atoms with Crippen LogP contribution in [-0.2, 0) is 16.1 Å². The van der Waals surface area contributed by atoms with Gasteiger partial charge in [0.2, 0.25) is 6.10 Å². The quantitative estimate of drug-likeness (QED) is 0.838. The van der Waals surface area contributed by atoms with Gasteiger partial charge in [-0.25, -0.2) is 13.2 Å². The van der Waals surface area contributed by atoms with Crippen molar-refractivity contribution in [2.24, 2.45) is 5.16 Å². The molecular weight excluding hydrogens is 333 g/mol. The maximum absolute atomic E-state index is 13.8. The van der Waals surface area contributed by atoms with Crippen LogP contribution in [0.2, 0.25) is 0 Å². The monoisotopic (exact) mass is 346 g/mol. The fourth-order valence-electron chi connectivity index (χ4n) is 3.17. The van der Waals surface area contributed by atoms with E-state index in [0.29, 0.717) is 23.3 Å². The molecule has 1 amide bonds. The second kappa shape index (κ2) is 5.91. The predicted octanol–water partition coefficient (Wildman–Crippen LogP) is 3.19. The number of carbonyl (C=O) groups excluding carboxylic acids is 1. The first-order valence-electron chi connectivity index (χ1n) is 7.81. The summed E-state index contributed by atoms with van der Waals surface area (Å²) in [4.78, 5) is 19.2. The van der Waals surface area contributed by atoms with Crippen LogP contribution >= 0.6 is 0 Å². The van der Waals surface area contributed by atoms with Crippen molar-refractivity contribution in [3.63, 3.8) is 0 Å². The van der Waals surface area contributed by atoms with E-state index in [4.69, 9.17) is 4.84 Å². The molecule has 0 N–H and O–H groups in total. The largest absolute Gasteiger partial charge is 0.382 e. The minimum absolute atomic E-state index is 0.173. The van der Waals surface area contributed by atoms with Gasteiger partial charge in [-0.15, -0.1) is 0 Å². The van der Waals surface area contributed by atoms with Gasteiger partial charge in [0.25, 0.3) is 5.91 Å². The summed E-state index contributed by atoms with van der Waals surface area (Å²) in [5.74, 6) is -2.22. The van der Waals surface area contributed by atoms with Crippen LogP contribution in [0.3, 0.4) is 0 Å². The molecule has 4 nitrogen and oxygen atoms in total. The van der Waals surface area contributed by atoms with E-state index in [-0.39, 0.29) is 18.7 Å². The van der Waals surface area contributed by atoms with Crippen molar-refractivity contribution >= 4 is 17.3 Å². The Hall–Kier alpha value is -2.83. The topological polar surface area (TPSA) is 41.9 Å². The number of anilines is 1. The van der Waals surface area contributed by atoms with Gasteiger partial charge in [0.05, 0.1) is 11.4 Å². The van der Waals surface area contributed by atoms with Crippen LogP contribution in [0.5, 0.6) is 0 Å². The number of hydrogen-bond acceptors (Lipinski definition) is 3. The molecular formula is C18H13F3N2O2. The van der Waals surface area contributed by atoms with E-state index in [1.54, 1.807) is 12.1 Å². The number of halogens is 3. The maximum atomic E-state index is 13.8. The minimum atomic E-state index is -0.893. The molecule has 0 aliphatic carbocycles. The molecule has 128 valence electrons. The summed E-state index contributed by atoms with van der Waals surface area (Å²) >= 11 is 0. The molecule has 0 saturated heterocycles. The lowest BCUT2D eigenvalue weighted by Crippen LogP contribution is -2.38. The van der Waals surface area contributed by atoms with Crippen molar-refractivity contribution in [2.45, 2.75) is 18.9 Å². The third kappa shape index (κ3) is 2.75. The van der Waals surface area contributed by atoms with Crippen molar-refractivity contribution in [1.82, 2.24) is 0 Å². The number of carbonyl (C=O) groups is 1. The zero-order valence-electron chi connectivity index (χ0n) is 13.0. The summed E-state index contributed by atoms with van der Waals surface area (Å²) < 4.78 is 40.6. The summed E-state index contributed by atoms with van der Waals surface area (Å²) in [6.07, 6.45) is -0.403. The van der Waals surface area contributed by atoms with Crippen LogP contribution in [0.4, 0.5) is 18.9 Å². The number of hydrogen-bond donors (Lipinski definition) is 0. The van der Waals surface area contributed by atoms with Crippen molar-refractivity contribution in [3.8, 4) is 0 Å². The van der Waals surface area contributed by atoms with E-state index in [1.807, 2.05) is 0 Å². The lowest BCUT2D eigenvalue weighted by molar-refractivity contribution is -0.128. The van der Waals surface area contributed by atoms with Crippen molar-refractivity contribution in [1.29, 1.82) is 0 Å². The van der Waals surface area contributed by atoms with E-state index in [2.05, 4.69) is 5.16 Å². The van der Waals surface area contributed by atoms with Crippen molar-refractivity contribution in [2.75, 3.05) is 11.4 Å². The van der Waals surface area contributed by atoms with Gasteiger partial charge in [-0.05, 0) is 24.6 Å². The van der Waals surface area contributed by atoms with Gasteiger partial charge in [0, 0.05) is 30.2 Å². The van der Waals surface area contributed by atoms with Gasteiger partial charge < -0.3 is 9.74 Å². The molecule has 0 radical (unpaired) electrons. The number of amides is 1. The Morgan fingerprint density at radius 2 is 2.00 bits per heavy atom. The molecule has 0 aromatic heterocycles. The van der Waals surface area contributed by atoms with E-state index in [0.717, 1.165) is 12.1 Å². The van der Waals surface area contributed by atoms with Crippen LogP contribution in [-0.4, -0.2) is 24.3 Å². The average Bonchev–Trinajstić information content (AvgIpc) is 3.21. The molecule has 0 saturated carbocycles. The third-order valence-electron chi connectivity index (χ3n) is 4.38. The fraction of sp³-hybridized carbons (Fsp3) is 0.222. The van der Waals surface area contributed by atoms with Gasteiger partial charge in [-0.3, -0.25) is 4.79 Å². The Morgan fingerprint density at radius 1 is 1.16 bits per heavy atom. The highest BCUT2D eigenvalue weighted by Gasteiger charge is 2.36. The highest BCUT2D eigenvalue weighted by atomic mass is 19.1. The zero-order chi connectivity index (χ0) is 17.6. The van der Waals surface area contributed by atoms with E-state index < -0.39 is 29.5 Å². The number of fused-ring (bicyclic) bond motifs is 1. The lowest BCUT2D eigenvalue weighted by Gasteiger charge is -2.20. The molecule has 2 aromatic rings. The highest BCUT2D eigenvalue weighted by Crippen LogP contribution is 2.33. The standard InChI is InChI=1S/C18H13F3N2O2/c19-11-3-1-2-10(6-11)15-9-17(25-22-15)18(24)23-5-4-13-14(21)7-12(20)8-16(13)23/h1-3,6-8,17H,4-5,9H2. The van der Waals surface area contributed by atoms with Crippen LogP contribution in [0.25, 0.3) is 0 Å². The molecule has 0 spiro atoms. The minimum Gasteiger partial charge on any atom is -0.382 e. The summed E-state index contributed by atoms with van der Waals surface area (Å²) in [6, 6.07) is 7.80. The van der Waals surface area contributed by atoms with E-state index >= 15 is 0 Å². The van der Waals surface area contributed by atoms with E-state index in [1.165, 1.54) is 17.0 Å². The van der Waals surface area contributed by atoms with Gasteiger partial charge in [0.15, 0.2) is 0 Å². The summed E-state index contributed by atoms with van der Waals surface area (Å²) in [6.45, 7) is 0.254. The van der Waals surface area contributed by atoms with E-state index in [9.17, 15) is 18.0 Å². The molecule has 0 fully saturated rings. The second-order valence-corrected chi connectivity index (χ2v) is 5.97. The number of oxime groups is 1. The number of benzene rings is 2. The smallest absolute Gasteiger partial charge is 0.271 e. The number of nitrogens with zero attached hydrogens (tertiary/aromatic N) is 2. The normalized spacial score (nSPS) is 18.8. The molecule has 7 heteroatoms. The van der Waals surface area contributed by atoms with Gasteiger partial charge in [-0.1, -0.05) is 17.3 Å². The SMILES string of the molecule is O=C(C1CC(c2cccc(F)c2)=NO1)N1CCc2c(F)cc(F)cc21. The average molecular weight is 346 g/mol. The first-order valence-corrected chi connectivity index (χ1v) is 7.81. The first-order chi connectivity index (χ1) is 12.0. The van der Waals surface area contributed by atoms with Gasteiger partial charge in [-0.2, -0.15) is 0 Å². The Labute approximate surface area is 141 Å². The zero-order valence-corrected chi connectivity index (χ0v) is 13.0. The summed E-state index contributed by atoms with van der Waals surface area (Å²) in [7, 11) is 0. The Morgan fingerprint density at radius 3 is 2.80 bits per heavy atom. The molecule has 2 aliphatic rings. The fourth-order valence-corrected chi connectivity index (χ4v) is 3.17. The molecule has 0 bridgehead atoms. The van der Waals surface area contributed by atoms with Crippen LogP contribution in [0.15, 0.2) is 41.6 Å². The van der Waals surface area contributed by atoms with Crippen LogP contribution in [0.1, 0.15) is 17.5 Å². The van der Waals surface area contributed by atoms with Gasteiger partial charge in [0.1, 0.15) is 17.5 Å². The molecule has 25 heavy (non-hydrogen) atoms. The molecule has 2 aromatic carbocycles. The summed E-state index contributed by atoms with van der Waals surface area (Å²) in [5.41, 5.74) is 1.54. The summed E-state index contributed by atoms with van der Waals surface area (Å²) in [5, 5.41) is 3.87. The predicted molar refractivity (Wildman–Crippen MR) is 84.8 cm³/mol. The van der Waals surface area contributed by atoms with Gasteiger partial charge >= 0.3 is 0 Å². The second-order valence-electron chi connectivity index (χ2n) is 5.97.